The van der Waals surface area contributed by atoms with Crippen LogP contribution in [0.25, 0.3) is 25.4 Å². The van der Waals surface area contributed by atoms with Gasteiger partial charge in [0, 0.05) is 137 Å². The van der Waals surface area contributed by atoms with Crippen molar-refractivity contribution in [2.75, 3.05) is 195 Å². The standard InChI is InChI=1S/C31H36N8O2.C29H33ClF3N7O2.C27H32F3N7O2.H2S/c1-4-29(40)39-17-16-38(19-23(39)18-32-2)30-25-12-15-37(28-11-13-33-26-10-6-5-9-24(26)28)20-27(25)34-31(35-30)41-21-22-8-7-14-36(22)3;1-4-25(41)40-14-13-39(16-20(40)15-34-2)27-21-10-12-38(24-9-5-8-22(30)26(24)29(31,32)33)17-23(21)35-28(36-27)42-18-19-7-6-11-37(19)3;1-5-24(38)37-13-12-36(17-19(37)16-31-2)25-20-10-11-35(23-9-7-6-8-21(23)27(28,29)30)18-22(20)32-26(33-25)39-15-14-34(3)4;/h4-6,9-11,13,22-23H,1,7-8,12,14-21H2,3H3;4-5,8-9,19-20H,1,6-7,10-18H2,3H3;5-9,19H,1,10-18H2,3-4H3;1H2/t22-,23?;19-,20?;;/m00../s1. The molecule has 0 bridgehead atoms. The molecule has 5 saturated heterocycles. The summed E-state index contributed by atoms with van der Waals surface area (Å²) in [6.45, 7) is 44.2. The number of carbonyl (C=O) groups is 3. The number of nitrogens with zero attached hydrogens (tertiary/aromatic N) is 22. The molecule has 123 heavy (non-hydrogen) atoms. The van der Waals surface area contributed by atoms with Crippen LogP contribution in [0, 0.1) is 19.7 Å². The van der Waals surface area contributed by atoms with Crippen LogP contribution in [0.5, 0.6) is 18.0 Å². The topological polar surface area (TPSA) is 221 Å². The molecule has 0 radical (unpaired) electrons. The molecular formula is C87H103ClF6N22O6S. The second-order valence-corrected chi connectivity index (χ2v) is 32.0. The number of halogens is 7. The Bertz CT molecular complexity index is 5100. The minimum atomic E-state index is -4.62. The van der Waals surface area contributed by atoms with E-state index in [1.165, 1.54) is 55.0 Å². The first-order chi connectivity index (χ1) is 58.8. The van der Waals surface area contributed by atoms with E-state index >= 15 is 0 Å². The van der Waals surface area contributed by atoms with Gasteiger partial charge in [0.25, 0.3) is 0 Å². The number of benzene rings is 3. The molecule has 15 rings (SSSR count). The van der Waals surface area contributed by atoms with Crippen LogP contribution < -0.4 is 43.6 Å². The number of amides is 3. The average molecular weight is 1730 g/mol. The van der Waals surface area contributed by atoms with Crippen LogP contribution in [0.1, 0.15) is 70.6 Å². The largest absolute Gasteiger partial charge is 0.462 e. The molecular weight excluding hydrogens is 1630 g/mol. The molecule has 8 aliphatic heterocycles. The first kappa shape index (κ1) is 90.9. The third-order valence-electron chi connectivity index (χ3n) is 23.7. The Morgan fingerprint density at radius 3 is 1.33 bits per heavy atom. The first-order valence-corrected chi connectivity index (χ1v) is 41.4. The zero-order valence-corrected chi connectivity index (χ0v) is 71.4. The molecule has 0 saturated carbocycles. The molecule has 4 aromatic heterocycles. The molecule has 5 fully saturated rings. The van der Waals surface area contributed by atoms with E-state index in [4.69, 9.17) is 70.4 Å². The number of fused-ring (bicyclic) bond motifs is 4. The fourth-order valence-corrected chi connectivity index (χ4v) is 17.6. The lowest BCUT2D eigenvalue weighted by molar-refractivity contribution is -0.137. The SMILES string of the molecule is S.[C-]#[N+]CC1CN(c2nc(OCCN(C)C)nc3c2CCN(c2ccccc2C(F)(F)F)C3)CCN1C(=O)C=C.[C-]#[N+]CC1CN(c2nc(OC[C@@H]3CCCN3C)nc3c2CCN(c2cccc(Cl)c2C(F)(F)F)C3)CCN1C(=O)C=C.[C-]#[N+]CC1CN(c2nc(OC[C@@H]3CCCN3C)nc3c2CCN(c2ccnc4ccccc24)C3)CCN1C(=O)C=C. The number of ether oxygens (including phenoxy) is 3. The molecule has 36 heteroatoms. The third-order valence-corrected chi connectivity index (χ3v) is 24.1. The van der Waals surface area contributed by atoms with E-state index in [2.05, 4.69) is 83.0 Å². The van der Waals surface area contributed by atoms with Crippen LogP contribution in [0.3, 0.4) is 0 Å². The second-order valence-electron chi connectivity index (χ2n) is 31.6. The van der Waals surface area contributed by atoms with Crippen molar-refractivity contribution in [1.82, 2.24) is 64.3 Å². The zero-order chi connectivity index (χ0) is 86.5. The summed E-state index contributed by atoms with van der Waals surface area (Å²) in [6, 6.07) is 20.4. The quantitative estimate of drug-likeness (QED) is 0.0350. The van der Waals surface area contributed by atoms with E-state index < -0.39 is 23.5 Å². The summed E-state index contributed by atoms with van der Waals surface area (Å²) in [5, 5.41) is 0.773. The van der Waals surface area contributed by atoms with Gasteiger partial charge in [-0.2, -0.15) is 69.7 Å². The number of aromatic nitrogens is 7. The van der Waals surface area contributed by atoms with Crippen LogP contribution in [-0.2, 0) is 65.6 Å². The number of para-hydroxylation sites is 2. The zero-order valence-electron chi connectivity index (χ0n) is 69.6. The van der Waals surface area contributed by atoms with E-state index in [9.17, 15) is 40.7 Å². The monoisotopic (exact) mass is 1730 g/mol. The highest BCUT2D eigenvalue weighted by Gasteiger charge is 2.43. The highest BCUT2D eigenvalue weighted by molar-refractivity contribution is 7.59. The summed E-state index contributed by atoms with van der Waals surface area (Å²) in [6.07, 6.45) is 2.59. The van der Waals surface area contributed by atoms with Gasteiger partial charge >= 0.3 is 30.4 Å². The first-order valence-electron chi connectivity index (χ1n) is 41.0. The van der Waals surface area contributed by atoms with Crippen LogP contribution in [-0.4, -0.2) is 278 Å². The highest BCUT2D eigenvalue weighted by Crippen LogP contribution is 2.45. The lowest BCUT2D eigenvalue weighted by Gasteiger charge is -2.41. The Morgan fingerprint density at radius 1 is 0.504 bits per heavy atom. The number of likely N-dealkylation sites (tertiary alicyclic amines) is 2. The van der Waals surface area contributed by atoms with Crippen molar-refractivity contribution < 1.29 is 54.9 Å². The molecule has 8 aliphatic rings. The van der Waals surface area contributed by atoms with Crippen molar-refractivity contribution in [2.45, 2.75) is 107 Å². The lowest BCUT2D eigenvalue weighted by Crippen LogP contribution is -2.56. The van der Waals surface area contributed by atoms with Crippen LogP contribution >= 0.6 is 25.1 Å². The molecule has 12 heterocycles. The number of carbonyl (C=O) groups excluding carboxylic acids is 3. The van der Waals surface area contributed by atoms with Gasteiger partial charge in [-0.15, -0.1) is 0 Å². The predicted molar refractivity (Wildman–Crippen MR) is 465 cm³/mol. The van der Waals surface area contributed by atoms with Crippen molar-refractivity contribution in [1.29, 1.82) is 0 Å². The molecule has 3 unspecified atom stereocenters. The van der Waals surface area contributed by atoms with Gasteiger partial charge in [0.1, 0.15) is 55.4 Å². The molecule has 7 aromatic rings. The van der Waals surface area contributed by atoms with Gasteiger partial charge in [-0.05, 0) is 141 Å². The number of piperazine rings is 3. The number of likely N-dealkylation sites (N-methyl/N-ethyl adjacent to an activating group) is 3. The maximum absolute atomic E-state index is 14.0. The van der Waals surface area contributed by atoms with Gasteiger partial charge in [0.2, 0.25) is 37.4 Å². The fraction of sp³-hybridized carbons (Fsp3) is 0.483. The summed E-state index contributed by atoms with van der Waals surface area (Å²) in [5.41, 5.74) is 5.63. The van der Waals surface area contributed by atoms with Crippen LogP contribution in [0.2, 0.25) is 5.02 Å². The van der Waals surface area contributed by atoms with Gasteiger partial charge in [-0.25, -0.2) is 19.7 Å². The maximum atomic E-state index is 14.0. The van der Waals surface area contributed by atoms with Crippen molar-refractivity contribution in [3.05, 3.63) is 201 Å². The molecule has 3 aromatic carbocycles. The third kappa shape index (κ3) is 21.3. The van der Waals surface area contributed by atoms with E-state index in [0.29, 0.717) is 153 Å². The minimum Gasteiger partial charge on any atom is -0.462 e. The Kier molecular flexibility index (Phi) is 30.2. The molecule has 28 nitrogen and oxygen atoms in total. The normalized spacial score (nSPS) is 19.8. The Balaban J connectivity index is 0.000000168. The summed E-state index contributed by atoms with van der Waals surface area (Å²) in [4.78, 5) is 105. The predicted octanol–water partition coefficient (Wildman–Crippen LogP) is 10.7. The molecule has 652 valence electrons. The van der Waals surface area contributed by atoms with Crippen LogP contribution in [0.4, 0.5) is 60.9 Å². The van der Waals surface area contributed by atoms with E-state index in [0.717, 1.165) is 96.2 Å². The number of hydrogen-bond acceptors (Lipinski definition) is 22. The summed E-state index contributed by atoms with van der Waals surface area (Å²) in [7, 11) is 8.02. The van der Waals surface area contributed by atoms with Crippen molar-refractivity contribution in [2.24, 2.45) is 0 Å². The summed E-state index contributed by atoms with van der Waals surface area (Å²) < 4.78 is 102. The molecule has 3 amide bonds. The van der Waals surface area contributed by atoms with Crippen molar-refractivity contribution in [3.8, 4) is 18.0 Å². The van der Waals surface area contributed by atoms with Gasteiger partial charge < -0.3 is 87.5 Å². The van der Waals surface area contributed by atoms with E-state index in [1.807, 2.05) is 60.2 Å². The van der Waals surface area contributed by atoms with E-state index in [1.54, 1.807) is 30.6 Å². The molecule has 0 spiro atoms. The second kappa shape index (κ2) is 40.8. The van der Waals surface area contributed by atoms with Gasteiger partial charge in [-0.1, -0.05) is 67.7 Å². The minimum absolute atomic E-state index is 0. The Labute approximate surface area is 725 Å². The fourth-order valence-electron chi connectivity index (χ4n) is 17.4. The summed E-state index contributed by atoms with van der Waals surface area (Å²) >= 11 is 6.03. The molecule has 0 N–H and O–H groups in total. The summed E-state index contributed by atoms with van der Waals surface area (Å²) in [5.74, 6) is 1.56. The molecule has 5 atom stereocenters. The van der Waals surface area contributed by atoms with Crippen LogP contribution in [0.15, 0.2) is 117 Å². The average Bonchev–Trinajstić information content (AvgIpc) is 1.73. The maximum Gasteiger partial charge on any atom is 0.419 e. The lowest BCUT2D eigenvalue weighted by atomic mass is 10.0. The number of anilines is 6. The number of rotatable bonds is 22. The molecule has 0 aliphatic carbocycles. The number of pyridine rings is 1. The van der Waals surface area contributed by atoms with E-state index in [-0.39, 0.29) is 117 Å². The number of alkyl halides is 6. The van der Waals surface area contributed by atoms with Crippen molar-refractivity contribution in [3.63, 3.8) is 0 Å². The Hall–Kier alpha value is -11.3. The van der Waals surface area contributed by atoms with Gasteiger partial charge in [-0.3, -0.25) is 19.4 Å². The van der Waals surface area contributed by atoms with Gasteiger partial charge in [0.05, 0.1) is 64.1 Å². The number of hydrogen-bond donors (Lipinski definition) is 0. The Morgan fingerprint density at radius 2 is 0.919 bits per heavy atom. The van der Waals surface area contributed by atoms with Crippen molar-refractivity contribution >= 4 is 88.2 Å². The smallest absolute Gasteiger partial charge is 0.419 e. The van der Waals surface area contributed by atoms with Gasteiger partial charge in [0.15, 0.2) is 0 Å². The highest BCUT2D eigenvalue weighted by atomic mass is 35.5.